The number of para-hydroxylation sites is 2. The van der Waals surface area contributed by atoms with E-state index in [9.17, 15) is 0 Å². The van der Waals surface area contributed by atoms with Crippen molar-refractivity contribution < 1.29 is 0 Å². The van der Waals surface area contributed by atoms with Gasteiger partial charge in [0.15, 0.2) is 11.6 Å². The van der Waals surface area contributed by atoms with Crippen LogP contribution in [0.2, 0.25) is 0 Å². The second-order valence-corrected chi connectivity index (χ2v) is 12.4. The van der Waals surface area contributed by atoms with Crippen LogP contribution in [0.25, 0.3) is 84.4 Å². The Morgan fingerprint density at radius 1 is 0.353 bits per heavy atom. The summed E-state index contributed by atoms with van der Waals surface area (Å²) in [6.07, 6.45) is 1.81. The Bertz CT molecular complexity index is 2560. The van der Waals surface area contributed by atoms with Gasteiger partial charge in [-0.05, 0) is 76.9 Å². The van der Waals surface area contributed by atoms with Crippen LogP contribution in [0.5, 0.6) is 0 Å². The standard InChI is InChI=1S/C46H31N5/c1-3-13-33(14-4-1)42-31-43(49-45(48-42)34-15-5-2-6-16-34)38-20-12-19-37(30-38)36-18-11-17-35(29-36)32-24-26-39(27-25-32)51-44-23-8-7-21-40(44)50-46(51)41-22-9-10-28-47-41/h1-31H. The molecule has 0 unspecified atom stereocenters. The summed E-state index contributed by atoms with van der Waals surface area (Å²) in [5.41, 5.74) is 13.2. The second kappa shape index (κ2) is 13.1. The van der Waals surface area contributed by atoms with Gasteiger partial charge in [-0.25, -0.2) is 15.0 Å². The quantitative estimate of drug-likeness (QED) is 0.172. The minimum absolute atomic E-state index is 0.707. The van der Waals surface area contributed by atoms with Crippen molar-refractivity contribution >= 4 is 11.0 Å². The van der Waals surface area contributed by atoms with Gasteiger partial charge >= 0.3 is 0 Å². The second-order valence-electron chi connectivity index (χ2n) is 12.4. The van der Waals surface area contributed by atoms with E-state index in [1.807, 2.05) is 79.0 Å². The fraction of sp³-hybridized carbons (Fsp3) is 0. The molecule has 0 amide bonds. The summed E-state index contributed by atoms with van der Waals surface area (Å²) < 4.78 is 2.18. The molecule has 3 heterocycles. The lowest BCUT2D eigenvalue weighted by atomic mass is 9.97. The van der Waals surface area contributed by atoms with Gasteiger partial charge in [0.1, 0.15) is 5.69 Å². The smallest absolute Gasteiger partial charge is 0.164 e. The molecule has 5 heteroatoms. The first-order valence-corrected chi connectivity index (χ1v) is 17.0. The number of hydrogen-bond donors (Lipinski definition) is 0. The number of pyridine rings is 1. The van der Waals surface area contributed by atoms with Crippen LogP contribution in [0.1, 0.15) is 0 Å². The molecule has 0 spiro atoms. The molecule has 0 fully saturated rings. The van der Waals surface area contributed by atoms with Crippen LogP contribution >= 0.6 is 0 Å². The van der Waals surface area contributed by atoms with E-state index in [1.165, 1.54) is 0 Å². The van der Waals surface area contributed by atoms with Crippen molar-refractivity contribution in [1.29, 1.82) is 0 Å². The minimum Gasteiger partial charge on any atom is -0.291 e. The van der Waals surface area contributed by atoms with E-state index >= 15 is 0 Å². The summed E-state index contributed by atoms with van der Waals surface area (Å²) in [6, 6.07) is 62.7. The van der Waals surface area contributed by atoms with Gasteiger partial charge in [-0.1, -0.05) is 127 Å². The first kappa shape index (κ1) is 30.1. The van der Waals surface area contributed by atoms with E-state index in [-0.39, 0.29) is 0 Å². The Morgan fingerprint density at radius 2 is 0.922 bits per heavy atom. The van der Waals surface area contributed by atoms with Crippen molar-refractivity contribution in [3.63, 3.8) is 0 Å². The average Bonchev–Trinajstić information content (AvgIpc) is 3.62. The molecule has 0 N–H and O–H groups in total. The summed E-state index contributed by atoms with van der Waals surface area (Å²) in [5.74, 6) is 1.53. The fourth-order valence-electron chi connectivity index (χ4n) is 6.56. The molecule has 0 aliphatic heterocycles. The van der Waals surface area contributed by atoms with Crippen LogP contribution in [0, 0.1) is 0 Å². The number of imidazole rings is 1. The number of fused-ring (bicyclic) bond motifs is 1. The Morgan fingerprint density at radius 3 is 1.63 bits per heavy atom. The van der Waals surface area contributed by atoms with Crippen molar-refractivity contribution in [1.82, 2.24) is 24.5 Å². The lowest BCUT2D eigenvalue weighted by molar-refractivity contribution is 1.08. The molecule has 51 heavy (non-hydrogen) atoms. The highest BCUT2D eigenvalue weighted by Gasteiger charge is 2.16. The summed E-state index contributed by atoms with van der Waals surface area (Å²) in [4.78, 5) is 19.6. The molecule has 5 nitrogen and oxygen atoms in total. The zero-order valence-electron chi connectivity index (χ0n) is 27.6. The Labute approximate surface area is 296 Å². The maximum absolute atomic E-state index is 5.05. The van der Waals surface area contributed by atoms with E-state index < -0.39 is 0 Å². The van der Waals surface area contributed by atoms with Crippen LogP contribution in [-0.4, -0.2) is 24.5 Å². The van der Waals surface area contributed by atoms with Crippen molar-refractivity contribution in [3.8, 4) is 73.4 Å². The van der Waals surface area contributed by atoms with Gasteiger partial charge in [-0.2, -0.15) is 0 Å². The third kappa shape index (κ3) is 5.98. The van der Waals surface area contributed by atoms with E-state index in [1.54, 1.807) is 0 Å². The van der Waals surface area contributed by atoms with Crippen molar-refractivity contribution in [2.45, 2.75) is 0 Å². The van der Waals surface area contributed by atoms with Crippen LogP contribution in [0.3, 0.4) is 0 Å². The zero-order chi connectivity index (χ0) is 34.0. The molecule has 0 saturated heterocycles. The summed E-state index contributed by atoms with van der Waals surface area (Å²) in [5, 5.41) is 0. The maximum Gasteiger partial charge on any atom is 0.164 e. The predicted octanol–water partition coefficient (Wildman–Crippen LogP) is 11.2. The molecule has 0 bridgehead atoms. The number of benzene rings is 6. The summed E-state index contributed by atoms with van der Waals surface area (Å²) in [7, 11) is 0. The number of rotatable bonds is 7. The molecule has 0 radical (unpaired) electrons. The molecule has 0 saturated carbocycles. The SMILES string of the molecule is c1ccc(-c2cc(-c3cccc(-c4cccc(-c5ccc(-n6c(-c7ccccn7)nc7ccccc76)cc5)c4)c3)nc(-c3ccccc3)n2)cc1. The largest absolute Gasteiger partial charge is 0.291 e. The average molecular weight is 654 g/mol. The maximum atomic E-state index is 5.05. The first-order chi connectivity index (χ1) is 25.3. The predicted molar refractivity (Wildman–Crippen MR) is 207 cm³/mol. The van der Waals surface area contributed by atoms with Crippen LogP contribution in [0.4, 0.5) is 0 Å². The van der Waals surface area contributed by atoms with Crippen molar-refractivity contribution in [3.05, 3.63) is 188 Å². The number of hydrogen-bond acceptors (Lipinski definition) is 4. The number of aromatic nitrogens is 5. The van der Waals surface area contributed by atoms with E-state index in [0.29, 0.717) is 5.82 Å². The third-order valence-electron chi connectivity index (χ3n) is 9.10. The highest BCUT2D eigenvalue weighted by atomic mass is 15.1. The van der Waals surface area contributed by atoms with Gasteiger partial charge in [0.25, 0.3) is 0 Å². The monoisotopic (exact) mass is 653 g/mol. The lowest BCUT2D eigenvalue weighted by Gasteiger charge is -2.12. The molecule has 0 aliphatic rings. The molecular formula is C46H31N5. The van der Waals surface area contributed by atoms with Gasteiger partial charge in [-0.3, -0.25) is 9.55 Å². The van der Waals surface area contributed by atoms with Crippen LogP contribution < -0.4 is 0 Å². The van der Waals surface area contributed by atoms with Gasteiger partial charge in [0.2, 0.25) is 0 Å². The molecule has 9 rings (SSSR count). The highest BCUT2D eigenvalue weighted by molar-refractivity contribution is 5.83. The van der Waals surface area contributed by atoms with Crippen LogP contribution in [0.15, 0.2) is 188 Å². The Balaban J connectivity index is 1.06. The molecular weight excluding hydrogens is 623 g/mol. The Kier molecular flexibility index (Phi) is 7.76. The molecule has 0 aliphatic carbocycles. The number of nitrogens with zero attached hydrogens (tertiary/aromatic N) is 5. The van der Waals surface area contributed by atoms with E-state index in [0.717, 1.165) is 78.6 Å². The molecule has 240 valence electrons. The summed E-state index contributed by atoms with van der Waals surface area (Å²) >= 11 is 0. The normalized spacial score (nSPS) is 11.1. The van der Waals surface area contributed by atoms with E-state index in [2.05, 4.69) is 119 Å². The van der Waals surface area contributed by atoms with Crippen molar-refractivity contribution in [2.24, 2.45) is 0 Å². The molecule has 9 aromatic rings. The topological polar surface area (TPSA) is 56.5 Å². The van der Waals surface area contributed by atoms with Gasteiger partial charge in [-0.15, -0.1) is 0 Å². The fourth-order valence-corrected chi connectivity index (χ4v) is 6.56. The minimum atomic E-state index is 0.707. The highest BCUT2D eigenvalue weighted by Crippen LogP contribution is 2.33. The zero-order valence-corrected chi connectivity index (χ0v) is 27.6. The first-order valence-electron chi connectivity index (χ1n) is 17.0. The third-order valence-corrected chi connectivity index (χ3v) is 9.10. The van der Waals surface area contributed by atoms with Gasteiger partial charge in [0.05, 0.1) is 22.4 Å². The Hall–Kier alpha value is -6.98. The summed E-state index contributed by atoms with van der Waals surface area (Å²) in [6.45, 7) is 0. The van der Waals surface area contributed by atoms with Crippen LogP contribution in [-0.2, 0) is 0 Å². The van der Waals surface area contributed by atoms with Crippen molar-refractivity contribution in [2.75, 3.05) is 0 Å². The molecule has 6 aromatic carbocycles. The van der Waals surface area contributed by atoms with Gasteiger partial charge in [0, 0.05) is 28.6 Å². The molecule has 3 aromatic heterocycles. The van der Waals surface area contributed by atoms with E-state index in [4.69, 9.17) is 15.0 Å². The lowest BCUT2D eigenvalue weighted by Crippen LogP contribution is -1.98. The van der Waals surface area contributed by atoms with Gasteiger partial charge < -0.3 is 0 Å². The molecule has 0 atom stereocenters.